The number of carbonyl (C=O) groups excluding carboxylic acids is 1. The molecule has 0 saturated heterocycles. The quantitative estimate of drug-likeness (QED) is 0.726. The lowest BCUT2D eigenvalue weighted by Crippen LogP contribution is -2.42. The third-order valence-corrected chi connectivity index (χ3v) is 6.91. The first-order chi connectivity index (χ1) is 11.9. The minimum atomic E-state index is -0.314. The Balaban J connectivity index is 2.01. The van der Waals surface area contributed by atoms with E-state index in [-0.39, 0.29) is 10.8 Å². The molecule has 2 nitrogen and oxygen atoms in total. The first kappa shape index (κ1) is 16.7. The molecule has 0 saturated carbocycles. The first-order valence-electron chi connectivity index (χ1n) is 9.13. The van der Waals surface area contributed by atoms with Crippen LogP contribution in [0.25, 0.3) is 0 Å². The molecule has 0 unspecified atom stereocenters. The molecule has 2 aliphatic rings. The molecule has 0 fully saturated rings. The Morgan fingerprint density at radius 2 is 1.88 bits per heavy atom. The van der Waals surface area contributed by atoms with E-state index in [1.807, 2.05) is 5.51 Å². The zero-order valence-corrected chi connectivity index (χ0v) is 16.3. The summed E-state index contributed by atoms with van der Waals surface area (Å²) in [7, 11) is 0. The van der Waals surface area contributed by atoms with E-state index in [0.29, 0.717) is 12.2 Å². The van der Waals surface area contributed by atoms with Gasteiger partial charge in [0.1, 0.15) is 0 Å². The maximum Gasteiger partial charge on any atom is 0.160 e. The van der Waals surface area contributed by atoms with Gasteiger partial charge in [0.2, 0.25) is 0 Å². The predicted molar refractivity (Wildman–Crippen MR) is 103 cm³/mol. The smallest absolute Gasteiger partial charge is 0.160 e. The van der Waals surface area contributed by atoms with Crippen LogP contribution in [0.4, 0.5) is 0 Å². The van der Waals surface area contributed by atoms with Gasteiger partial charge in [0.05, 0.1) is 16.6 Å². The lowest BCUT2D eigenvalue weighted by molar-refractivity contribution is -0.118. The topological polar surface area (TPSA) is 30.0 Å². The number of allylic oxidation sites excluding steroid dienone is 2. The van der Waals surface area contributed by atoms with Crippen LogP contribution in [0.15, 0.2) is 40.9 Å². The monoisotopic (exact) mass is 351 g/mol. The van der Waals surface area contributed by atoms with Gasteiger partial charge in [-0.2, -0.15) is 0 Å². The first-order valence-corrected chi connectivity index (χ1v) is 10.0. The molecule has 1 aromatic carbocycles. The molecule has 0 spiro atoms. The fourth-order valence-corrected chi connectivity index (χ4v) is 5.96. The Morgan fingerprint density at radius 3 is 2.56 bits per heavy atom. The van der Waals surface area contributed by atoms with Crippen molar-refractivity contribution in [3.8, 4) is 0 Å². The van der Waals surface area contributed by atoms with Crippen LogP contribution >= 0.6 is 11.3 Å². The Bertz CT molecular complexity index is 872. The van der Waals surface area contributed by atoms with Crippen molar-refractivity contribution in [2.45, 2.75) is 58.8 Å². The third kappa shape index (κ3) is 2.43. The second-order valence-electron chi connectivity index (χ2n) is 8.35. The number of benzene rings is 1. The maximum absolute atomic E-state index is 13.3. The molecule has 1 aromatic heterocycles. The molecule has 25 heavy (non-hydrogen) atoms. The number of hydrogen-bond donors (Lipinski definition) is 0. The summed E-state index contributed by atoms with van der Waals surface area (Å²) < 4.78 is 0. The SMILES string of the molecule is CC[C@]1(c2ccc(C)cc2)C2=C(Cc3ncsc31)CC(C)(C)CC2=O. The van der Waals surface area contributed by atoms with Gasteiger partial charge in [0.15, 0.2) is 5.78 Å². The molecule has 4 rings (SSSR count). The van der Waals surface area contributed by atoms with E-state index in [9.17, 15) is 4.79 Å². The van der Waals surface area contributed by atoms with Gasteiger partial charge >= 0.3 is 0 Å². The predicted octanol–water partition coefficient (Wildman–Crippen LogP) is 5.39. The molecule has 0 aliphatic heterocycles. The summed E-state index contributed by atoms with van der Waals surface area (Å²) in [5.41, 5.74) is 7.76. The van der Waals surface area contributed by atoms with Crippen molar-refractivity contribution >= 4 is 17.1 Å². The normalized spacial score (nSPS) is 24.9. The van der Waals surface area contributed by atoms with Gasteiger partial charge in [-0.1, -0.05) is 56.2 Å². The highest BCUT2D eigenvalue weighted by atomic mass is 32.1. The molecule has 1 heterocycles. The van der Waals surface area contributed by atoms with Gasteiger partial charge in [-0.15, -0.1) is 11.3 Å². The van der Waals surface area contributed by atoms with Gasteiger partial charge in [-0.3, -0.25) is 4.79 Å². The van der Waals surface area contributed by atoms with Crippen molar-refractivity contribution in [1.82, 2.24) is 4.98 Å². The Hall–Kier alpha value is -1.74. The van der Waals surface area contributed by atoms with E-state index >= 15 is 0 Å². The Morgan fingerprint density at radius 1 is 1.16 bits per heavy atom. The minimum absolute atomic E-state index is 0.0518. The Labute approximate surface area is 154 Å². The van der Waals surface area contributed by atoms with E-state index in [2.05, 4.69) is 56.9 Å². The van der Waals surface area contributed by atoms with Crippen LogP contribution in [0.1, 0.15) is 61.7 Å². The molecule has 0 amide bonds. The average molecular weight is 352 g/mol. The molecule has 0 bridgehead atoms. The lowest BCUT2D eigenvalue weighted by Gasteiger charge is -2.44. The number of thiazole rings is 1. The van der Waals surface area contributed by atoms with Crippen molar-refractivity contribution in [2.24, 2.45) is 5.41 Å². The fourth-order valence-electron chi connectivity index (χ4n) is 4.85. The average Bonchev–Trinajstić information content (AvgIpc) is 3.01. The third-order valence-electron chi connectivity index (χ3n) is 5.87. The Kier molecular flexibility index (Phi) is 3.77. The van der Waals surface area contributed by atoms with Gasteiger partial charge in [0.25, 0.3) is 0 Å². The number of rotatable bonds is 2. The maximum atomic E-state index is 13.3. The zero-order chi connectivity index (χ0) is 17.8. The van der Waals surface area contributed by atoms with Crippen molar-refractivity contribution in [3.63, 3.8) is 0 Å². The largest absolute Gasteiger partial charge is 0.294 e. The van der Waals surface area contributed by atoms with Crippen LogP contribution in [-0.2, 0) is 16.6 Å². The number of aromatic nitrogens is 1. The fraction of sp³-hybridized carbons (Fsp3) is 0.455. The summed E-state index contributed by atoms with van der Waals surface area (Å²) in [6.45, 7) is 8.75. The summed E-state index contributed by atoms with van der Waals surface area (Å²) >= 11 is 1.72. The number of fused-ring (bicyclic) bond motifs is 1. The number of carbonyl (C=O) groups is 1. The summed E-state index contributed by atoms with van der Waals surface area (Å²) in [4.78, 5) is 19.3. The highest BCUT2D eigenvalue weighted by Crippen LogP contribution is 2.54. The highest BCUT2D eigenvalue weighted by Gasteiger charge is 2.49. The van der Waals surface area contributed by atoms with Gasteiger partial charge in [0, 0.05) is 23.3 Å². The molecule has 1 atom stereocenters. The van der Waals surface area contributed by atoms with Gasteiger partial charge < -0.3 is 0 Å². The van der Waals surface area contributed by atoms with E-state index in [1.54, 1.807) is 11.3 Å². The molecule has 2 aromatic rings. The number of Topliss-reactive ketones (excluding diaryl/α,β-unsaturated/α-hetero) is 1. The summed E-state index contributed by atoms with van der Waals surface area (Å²) in [5.74, 6) is 0.340. The van der Waals surface area contributed by atoms with Crippen LogP contribution in [0.5, 0.6) is 0 Å². The molecular weight excluding hydrogens is 326 g/mol. The lowest BCUT2D eigenvalue weighted by atomic mass is 9.59. The second-order valence-corrected chi connectivity index (χ2v) is 9.20. The zero-order valence-electron chi connectivity index (χ0n) is 15.5. The highest BCUT2D eigenvalue weighted by molar-refractivity contribution is 7.10. The number of aryl methyl sites for hydroxylation is 1. The van der Waals surface area contributed by atoms with Crippen LogP contribution in [0.3, 0.4) is 0 Å². The second kappa shape index (κ2) is 5.63. The van der Waals surface area contributed by atoms with E-state index < -0.39 is 0 Å². The van der Waals surface area contributed by atoms with Crippen LogP contribution in [0, 0.1) is 12.3 Å². The summed E-state index contributed by atoms with van der Waals surface area (Å²) in [6.07, 6.45) is 3.39. The van der Waals surface area contributed by atoms with Crippen molar-refractivity contribution in [1.29, 1.82) is 0 Å². The minimum Gasteiger partial charge on any atom is -0.294 e. The van der Waals surface area contributed by atoms with E-state index in [0.717, 1.165) is 24.8 Å². The standard InChI is InChI=1S/C22H25NOS/c1-5-22(16-8-6-14(2)7-9-16)19-15(10-17-20(22)25-13-23-17)11-21(3,4)12-18(19)24/h6-9,13H,5,10-12H2,1-4H3/t22-/m0/s1. The van der Waals surface area contributed by atoms with Crippen molar-refractivity contribution in [2.75, 3.05) is 0 Å². The van der Waals surface area contributed by atoms with Crippen LogP contribution in [-0.4, -0.2) is 10.8 Å². The van der Waals surface area contributed by atoms with Gasteiger partial charge in [-0.25, -0.2) is 4.98 Å². The molecular formula is C22H25NOS. The van der Waals surface area contributed by atoms with Crippen molar-refractivity contribution < 1.29 is 4.79 Å². The molecule has 0 N–H and O–H groups in total. The molecule has 0 radical (unpaired) electrons. The summed E-state index contributed by atoms with van der Waals surface area (Å²) in [6, 6.07) is 8.76. The van der Waals surface area contributed by atoms with Crippen molar-refractivity contribution in [3.05, 3.63) is 62.6 Å². The van der Waals surface area contributed by atoms with Gasteiger partial charge in [-0.05, 0) is 30.7 Å². The van der Waals surface area contributed by atoms with E-state index in [1.165, 1.54) is 27.3 Å². The summed E-state index contributed by atoms with van der Waals surface area (Å²) in [5, 5.41) is 0. The van der Waals surface area contributed by atoms with Crippen LogP contribution < -0.4 is 0 Å². The molecule has 130 valence electrons. The number of nitrogens with zero attached hydrogens (tertiary/aromatic N) is 1. The number of hydrogen-bond acceptors (Lipinski definition) is 3. The van der Waals surface area contributed by atoms with E-state index in [4.69, 9.17) is 0 Å². The number of ketones is 1. The van der Waals surface area contributed by atoms with Crippen LogP contribution in [0.2, 0.25) is 0 Å². The molecule has 3 heteroatoms. The molecule has 2 aliphatic carbocycles.